The fraction of sp³-hybridized carbons (Fsp3) is 0.239. The van der Waals surface area contributed by atoms with E-state index in [1.54, 1.807) is 29.2 Å². The van der Waals surface area contributed by atoms with Crippen LogP contribution in [0.5, 0.6) is 0 Å². The van der Waals surface area contributed by atoms with E-state index in [4.69, 9.17) is 19.1 Å². The molecule has 3 amide bonds. The van der Waals surface area contributed by atoms with Gasteiger partial charge in [-0.05, 0) is 80.1 Å². The number of hydrogen-bond donors (Lipinski definition) is 2. The maximum absolute atomic E-state index is 13.0. The van der Waals surface area contributed by atoms with Crippen LogP contribution in [-0.4, -0.2) is 57.0 Å². The number of fused-ring (bicyclic) bond motifs is 3. The van der Waals surface area contributed by atoms with Gasteiger partial charge >= 0.3 is 0 Å². The Hall–Kier alpha value is -6.97. The number of hydrogen-bond acceptors (Lipinski definition) is 9. The summed E-state index contributed by atoms with van der Waals surface area (Å²) in [6.07, 6.45) is 7.50. The van der Waals surface area contributed by atoms with Gasteiger partial charge in [-0.15, -0.1) is 0 Å². The van der Waals surface area contributed by atoms with Gasteiger partial charge in [0.05, 0.1) is 35.6 Å². The molecule has 7 heterocycles. The van der Waals surface area contributed by atoms with E-state index < -0.39 is 5.92 Å². The molecular weight excluding hydrogens is 733 g/mol. The van der Waals surface area contributed by atoms with Crippen LogP contribution in [0.1, 0.15) is 70.4 Å². The number of nitrogens with zero attached hydrogens (tertiary/aromatic N) is 4. The van der Waals surface area contributed by atoms with Gasteiger partial charge in [0.15, 0.2) is 0 Å². The highest BCUT2D eigenvalue weighted by Crippen LogP contribution is 2.37. The van der Waals surface area contributed by atoms with Crippen LogP contribution in [-0.2, 0) is 21.4 Å². The molecule has 2 aromatic carbocycles. The largest absolute Gasteiger partial charge is 0.464 e. The van der Waals surface area contributed by atoms with Crippen LogP contribution in [0.25, 0.3) is 55.2 Å². The molecule has 0 aliphatic carbocycles. The summed E-state index contributed by atoms with van der Waals surface area (Å²) in [6.45, 7) is 3.30. The van der Waals surface area contributed by atoms with Gasteiger partial charge in [-0.25, -0.2) is 0 Å². The zero-order valence-corrected chi connectivity index (χ0v) is 31.9. The first-order chi connectivity index (χ1) is 28.2. The van der Waals surface area contributed by atoms with Gasteiger partial charge in [-0.2, -0.15) is 0 Å². The number of piperidine rings is 1. The summed E-state index contributed by atoms with van der Waals surface area (Å²) in [5.74, 6) is 4.85. The van der Waals surface area contributed by atoms with Crippen molar-refractivity contribution < 1.29 is 23.5 Å². The molecule has 0 saturated carbocycles. The summed E-state index contributed by atoms with van der Waals surface area (Å²) in [5.41, 5.74) is 7.94. The maximum atomic E-state index is 13.0. The number of aromatic nitrogens is 4. The molecule has 2 fully saturated rings. The number of rotatable bonds is 6. The first kappa shape index (κ1) is 36.7. The molecule has 2 aliphatic heterocycles. The standard InChI is InChI=1S/C46H38N6O6/c1-26-19-34-40(52(2)46(26)56)22-39(28-14-17-57-18-15-28)50-43(34)31-7-3-6-29-21-38(49-24-35(29)31)30-9-11-37(48-23-30)45(55)47-16-4-5-27-8-12-41-33(20-27)36(25-58-41)32-10-13-42(53)51-44(32)54/h3,6-9,11-12,19-25,28,32H,10,13-18H2,1-2H3,(H,47,55)(H,51,53,54). The van der Waals surface area contributed by atoms with Crippen molar-refractivity contribution in [1.29, 1.82) is 0 Å². The average Bonchev–Trinajstić information content (AvgIpc) is 3.67. The van der Waals surface area contributed by atoms with Crippen LogP contribution in [0.4, 0.5) is 0 Å². The number of amides is 3. The van der Waals surface area contributed by atoms with Crippen LogP contribution in [0.3, 0.4) is 0 Å². The number of pyridine rings is 4. The van der Waals surface area contributed by atoms with Gasteiger partial charge in [0.1, 0.15) is 11.3 Å². The van der Waals surface area contributed by atoms with Crippen molar-refractivity contribution in [3.8, 4) is 34.4 Å². The Morgan fingerprint density at radius 3 is 2.62 bits per heavy atom. The quantitative estimate of drug-likeness (QED) is 0.143. The Bertz CT molecular complexity index is 2930. The number of aryl methyl sites for hydroxylation is 2. The Morgan fingerprint density at radius 1 is 0.948 bits per heavy atom. The predicted octanol–water partition coefficient (Wildman–Crippen LogP) is 6.46. The fourth-order valence-corrected chi connectivity index (χ4v) is 8.00. The summed E-state index contributed by atoms with van der Waals surface area (Å²) in [6, 6.07) is 21.0. The first-order valence-electron chi connectivity index (χ1n) is 19.3. The van der Waals surface area contributed by atoms with Crippen molar-refractivity contribution >= 4 is 50.4 Å². The third-order valence-electron chi connectivity index (χ3n) is 11.2. The lowest BCUT2D eigenvalue weighted by atomic mass is 9.90. The lowest BCUT2D eigenvalue weighted by Crippen LogP contribution is -2.39. The lowest BCUT2D eigenvalue weighted by Gasteiger charge is -2.23. The van der Waals surface area contributed by atoms with Crippen molar-refractivity contribution in [3.63, 3.8) is 0 Å². The van der Waals surface area contributed by atoms with Crippen LogP contribution < -0.4 is 16.2 Å². The fourth-order valence-electron chi connectivity index (χ4n) is 8.00. The van der Waals surface area contributed by atoms with Crippen LogP contribution in [0.2, 0.25) is 0 Å². The second kappa shape index (κ2) is 15.2. The Balaban J connectivity index is 0.922. The minimum absolute atomic E-state index is 0.0259. The number of ether oxygens (including phenoxy) is 1. The summed E-state index contributed by atoms with van der Waals surface area (Å²) in [7, 11) is 1.82. The van der Waals surface area contributed by atoms with Gasteiger partial charge in [0, 0.05) is 94.7 Å². The molecule has 2 N–H and O–H groups in total. The normalized spacial score (nSPS) is 16.0. The van der Waals surface area contributed by atoms with Gasteiger partial charge in [-0.1, -0.05) is 30.0 Å². The Morgan fingerprint density at radius 2 is 1.81 bits per heavy atom. The van der Waals surface area contributed by atoms with Crippen molar-refractivity contribution in [2.75, 3.05) is 19.8 Å². The second-order valence-electron chi connectivity index (χ2n) is 14.8. The molecule has 288 valence electrons. The highest BCUT2D eigenvalue weighted by molar-refractivity contribution is 6.04. The highest BCUT2D eigenvalue weighted by atomic mass is 16.5. The zero-order valence-electron chi connectivity index (χ0n) is 31.9. The average molecular weight is 771 g/mol. The van der Waals surface area contributed by atoms with E-state index in [-0.39, 0.29) is 47.9 Å². The van der Waals surface area contributed by atoms with Crippen molar-refractivity contribution in [1.82, 2.24) is 30.2 Å². The van der Waals surface area contributed by atoms with Crippen molar-refractivity contribution in [3.05, 3.63) is 124 Å². The molecule has 2 aliphatic rings. The third kappa shape index (κ3) is 6.90. The van der Waals surface area contributed by atoms with Crippen molar-refractivity contribution in [2.45, 2.75) is 44.4 Å². The minimum Gasteiger partial charge on any atom is -0.464 e. The summed E-state index contributed by atoms with van der Waals surface area (Å²) in [4.78, 5) is 64.6. The van der Waals surface area contributed by atoms with Gasteiger partial charge < -0.3 is 19.0 Å². The van der Waals surface area contributed by atoms with Gasteiger partial charge in [0.2, 0.25) is 11.8 Å². The van der Waals surface area contributed by atoms with Gasteiger partial charge in [-0.3, -0.25) is 39.4 Å². The highest BCUT2D eigenvalue weighted by Gasteiger charge is 2.30. The summed E-state index contributed by atoms with van der Waals surface area (Å²) in [5, 5.41) is 8.77. The molecule has 58 heavy (non-hydrogen) atoms. The summed E-state index contributed by atoms with van der Waals surface area (Å²) >= 11 is 0. The van der Waals surface area contributed by atoms with E-state index in [0.717, 1.165) is 68.0 Å². The number of furan rings is 1. The van der Waals surface area contributed by atoms with Gasteiger partial charge in [0.25, 0.3) is 11.5 Å². The maximum Gasteiger partial charge on any atom is 0.270 e. The van der Waals surface area contributed by atoms with Crippen LogP contribution in [0.15, 0.2) is 94.6 Å². The molecule has 0 bridgehead atoms. The number of carbonyl (C=O) groups excluding carboxylic acids is 3. The lowest BCUT2D eigenvalue weighted by molar-refractivity contribution is -0.134. The Kier molecular flexibility index (Phi) is 9.59. The number of benzene rings is 2. The molecule has 1 atom stereocenters. The smallest absolute Gasteiger partial charge is 0.270 e. The first-order valence-corrected chi connectivity index (χ1v) is 19.3. The van der Waals surface area contributed by atoms with E-state index in [9.17, 15) is 19.2 Å². The van der Waals surface area contributed by atoms with Crippen LogP contribution >= 0.6 is 0 Å². The molecule has 7 aromatic rings. The van der Waals surface area contributed by atoms with E-state index in [0.29, 0.717) is 42.0 Å². The molecule has 2 saturated heterocycles. The topological polar surface area (TPSA) is 158 Å². The van der Waals surface area contributed by atoms with E-state index >= 15 is 0 Å². The van der Waals surface area contributed by atoms with E-state index in [2.05, 4.69) is 39.6 Å². The number of nitrogens with one attached hydrogen (secondary N) is 2. The van der Waals surface area contributed by atoms with Crippen LogP contribution in [0, 0.1) is 18.8 Å². The zero-order chi connectivity index (χ0) is 39.9. The monoisotopic (exact) mass is 770 g/mol. The molecule has 0 spiro atoms. The Labute approximate surface area is 332 Å². The second-order valence-corrected chi connectivity index (χ2v) is 14.8. The number of carbonyl (C=O) groups is 3. The minimum atomic E-state index is -0.469. The molecule has 12 nitrogen and oxygen atoms in total. The third-order valence-corrected chi connectivity index (χ3v) is 11.2. The molecule has 1 unspecified atom stereocenters. The summed E-state index contributed by atoms with van der Waals surface area (Å²) < 4.78 is 13.0. The molecular formula is C46H38N6O6. The number of imide groups is 1. The molecule has 9 rings (SSSR count). The van der Waals surface area contributed by atoms with E-state index in [1.165, 1.54) is 0 Å². The molecule has 0 radical (unpaired) electrons. The predicted molar refractivity (Wildman–Crippen MR) is 219 cm³/mol. The molecule has 12 heteroatoms. The SMILES string of the molecule is Cc1cc2c(-c3cccc4cc(-c5ccc(C(=O)NCC#Cc6ccc7occ(C8CCC(=O)NC8=O)c7c6)nc5)ncc34)nc(C3CCOCC3)cc2n(C)c1=O. The molecule has 5 aromatic heterocycles. The van der Waals surface area contributed by atoms with Crippen molar-refractivity contribution in [2.24, 2.45) is 7.05 Å². The van der Waals surface area contributed by atoms with E-state index in [1.807, 2.05) is 62.6 Å².